The number of nitrogens with zero attached hydrogens (tertiary/aromatic N) is 2. The van der Waals surface area contributed by atoms with Crippen LogP contribution >= 0.6 is 0 Å². The number of amides is 4. The molecule has 1 saturated carbocycles. The van der Waals surface area contributed by atoms with E-state index in [-0.39, 0.29) is 19.4 Å². The van der Waals surface area contributed by atoms with Gasteiger partial charge in [0.25, 0.3) is 15.9 Å². The zero-order valence-corrected chi connectivity index (χ0v) is 37.1. The van der Waals surface area contributed by atoms with Crippen molar-refractivity contribution in [2.24, 2.45) is 11.3 Å². The smallest absolute Gasteiger partial charge is 0.497 e. The number of hydrogen-bond donors (Lipinski definition) is 3. The highest BCUT2D eigenvalue weighted by Gasteiger charge is 2.61. The van der Waals surface area contributed by atoms with Gasteiger partial charge in [0.15, 0.2) is 0 Å². The Kier molecular flexibility index (Phi) is 13.0. The summed E-state index contributed by atoms with van der Waals surface area (Å²) in [6, 6.07) is 17.0. The highest BCUT2D eigenvalue weighted by atomic mass is 32.2. The van der Waals surface area contributed by atoms with Crippen molar-refractivity contribution in [3.8, 4) is 28.5 Å². The molecule has 2 fully saturated rings. The number of likely N-dealkylation sites (tertiary alicyclic amines) is 1. The van der Waals surface area contributed by atoms with Crippen LogP contribution in [0.4, 0.5) is 18.0 Å². The number of rotatable bonds is 13. The molecular formula is C45H50F3N5O10S. The third-order valence-corrected chi connectivity index (χ3v) is 12.0. The summed E-state index contributed by atoms with van der Waals surface area (Å²) in [5, 5.41) is 5.97. The molecule has 15 nitrogen and oxygen atoms in total. The Morgan fingerprint density at radius 2 is 1.59 bits per heavy atom. The molecule has 5 atom stereocenters. The Hall–Kier alpha value is -6.37. The molecule has 1 saturated heterocycles. The van der Waals surface area contributed by atoms with E-state index in [2.05, 4.69) is 21.9 Å². The number of halogens is 3. The highest BCUT2D eigenvalue weighted by Crippen LogP contribution is 2.45. The molecule has 1 aliphatic carbocycles. The van der Waals surface area contributed by atoms with Crippen molar-refractivity contribution in [3.05, 3.63) is 91.5 Å². The second-order valence-electron chi connectivity index (χ2n) is 17.6. The fraction of sp³-hybridized carbons (Fsp3) is 0.400. The number of methoxy groups -OCH3 is 1. The van der Waals surface area contributed by atoms with Crippen LogP contribution in [0.3, 0.4) is 0 Å². The molecule has 2 aliphatic rings. The lowest BCUT2D eigenvalue weighted by Gasteiger charge is -2.36. The monoisotopic (exact) mass is 909 g/mol. The maximum atomic E-state index is 14.8. The van der Waals surface area contributed by atoms with Gasteiger partial charge in [-0.15, -0.1) is 19.8 Å². The predicted molar refractivity (Wildman–Crippen MR) is 229 cm³/mol. The largest absolute Gasteiger partial charge is 0.573 e. The summed E-state index contributed by atoms with van der Waals surface area (Å²) in [6.07, 6.45) is -5.54. The van der Waals surface area contributed by atoms with E-state index >= 15 is 0 Å². The number of carbonyl (C=O) groups excluding carboxylic acids is 4. The molecule has 4 aromatic rings. The summed E-state index contributed by atoms with van der Waals surface area (Å²) in [6.45, 7) is 13.8. The quantitative estimate of drug-likeness (QED) is 0.122. The minimum absolute atomic E-state index is 0.0674. The van der Waals surface area contributed by atoms with Crippen LogP contribution in [0.1, 0.15) is 54.4 Å². The van der Waals surface area contributed by atoms with Crippen molar-refractivity contribution in [2.45, 2.75) is 95.0 Å². The number of fused-ring (bicyclic) bond motifs is 1. The van der Waals surface area contributed by atoms with Gasteiger partial charge >= 0.3 is 12.5 Å². The summed E-state index contributed by atoms with van der Waals surface area (Å²) in [4.78, 5) is 61.9. The first-order chi connectivity index (χ1) is 29.8. The molecule has 0 radical (unpaired) electrons. The lowest BCUT2D eigenvalue weighted by molar-refractivity contribution is -0.274. The molecule has 4 amide bonds. The number of nitrogens with one attached hydrogen (secondary N) is 3. The van der Waals surface area contributed by atoms with Crippen LogP contribution in [-0.4, -0.2) is 91.5 Å². The van der Waals surface area contributed by atoms with Gasteiger partial charge in [-0.1, -0.05) is 57.2 Å². The molecule has 0 spiro atoms. The first kappa shape index (κ1) is 47.1. The van der Waals surface area contributed by atoms with Gasteiger partial charge < -0.3 is 34.5 Å². The van der Waals surface area contributed by atoms with Gasteiger partial charge in [-0.05, 0) is 69.0 Å². The normalized spacial score (nSPS) is 20.4. The van der Waals surface area contributed by atoms with Crippen LogP contribution in [0.15, 0.2) is 96.4 Å². The SMILES string of the molecule is C=CC1CC1(NC(=O)C1CC(Oc2cc(-c3ccccc3)nc3cc(OC)ccc23)CN1C(=O)C(NC(=O)OC(C)(C)C)C(C)(C)C)C(=O)NS(=O)(=O)c1ccc(OC(F)(F)F)cc1. The number of carbonyl (C=O) groups is 4. The van der Waals surface area contributed by atoms with Gasteiger partial charge in [-0.25, -0.2) is 22.9 Å². The zero-order valence-electron chi connectivity index (χ0n) is 36.2. The van der Waals surface area contributed by atoms with Crippen molar-refractivity contribution in [3.63, 3.8) is 0 Å². The van der Waals surface area contributed by atoms with Crippen LogP contribution < -0.4 is 29.6 Å². The standard InChI is InChI=1S/C45H50F3N5O10S/c1-9-27-24-44(27,40(56)52-64(58,59)31-18-15-28(16-19-31)62-45(46,47)48)51-38(54)35-22-30(25-53(35)39(55)37(42(2,3)4)50-41(57)63-43(5,6)7)61-36-23-33(26-13-11-10-12-14-26)49-34-21-29(60-8)17-20-32(34)36/h9-21,23,27,30,35,37H,1,22,24-25H2,2-8H3,(H,50,57)(H,51,54)(H,52,56). The third-order valence-electron chi connectivity index (χ3n) is 10.6. The molecule has 1 aromatic heterocycles. The van der Waals surface area contributed by atoms with Crippen molar-refractivity contribution >= 4 is 44.7 Å². The summed E-state index contributed by atoms with van der Waals surface area (Å²) in [5.41, 5.74) is -1.76. The number of ether oxygens (including phenoxy) is 4. The van der Waals surface area contributed by atoms with Crippen molar-refractivity contribution in [1.29, 1.82) is 0 Å². The Morgan fingerprint density at radius 3 is 2.17 bits per heavy atom. The van der Waals surface area contributed by atoms with Gasteiger partial charge in [0, 0.05) is 35.4 Å². The summed E-state index contributed by atoms with van der Waals surface area (Å²) in [5.74, 6) is -3.13. The fourth-order valence-corrected chi connectivity index (χ4v) is 8.42. The number of pyridine rings is 1. The summed E-state index contributed by atoms with van der Waals surface area (Å²) >= 11 is 0. The van der Waals surface area contributed by atoms with Crippen molar-refractivity contribution < 1.29 is 59.7 Å². The van der Waals surface area contributed by atoms with Crippen LogP contribution in [0.25, 0.3) is 22.2 Å². The van der Waals surface area contributed by atoms with E-state index in [1.165, 1.54) is 18.1 Å². The van der Waals surface area contributed by atoms with Gasteiger partial charge in [0.1, 0.15) is 46.6 Å². The predicted octanol–water partition coefficient (Wildman–Crippen LogP) is 6.66. The molecular weight excluding hydrogens is 860 g/mol. The molecule has 19 heteroatoms. The molecule has 3 aromatic carbocycles. The van der Waals surface area contributed by atoms with Gasteiger partial charge in [0.05, 0.1) is 29.8 Å². The number of alkyl halides is 3. The molecule has 2 heterocycles. The molecule has 6 rings (SSSR count). The Balaban J connectivity index is 1.33. The fourth-order valence-electron chi connectivity index (χ4n) is 7.38. The summed E-state index contributed by atoms with van der Waals surface area (Å²) < 4.78 is 88.2. The highest BCUT2D eigenvalue weighted by molar-refractivity contribution is 7.90. The van der Waals surface area contributed by atoms with Crippen molar-refractivity contribution in [1.82, 2.24) is 25.2 Å². The number of aromatic nitrogens is 1. The van der Waals surface area contributed by atoms with E-state index in [0.717, 1.165) is 29.8 Å². The second-order valence-corrected chi connectivity index (χ2v) is 19.3. The maximum Gasteiger partial charge on any atom is 0.573 e. The molecule has 0 bridgehead atoms. The maximum absolute atomic E-state index is 14.8. The minimum Gasteiger partial charge on any atom is -0.497 e. The van der Waals surface area contributed by atoms with Crippen LogP contribution in [0, 0.1) is 11.3 Å². The average Bonchev–Trinajstić information content (AvgIpc) is 3.76. The van der Waals surface area contributed by atoms with E-state index in [0.29, 0.717) is 28.1 Å². The Bertz CT molecular complexity index is 2540. The molecule has 64 heavy (non-hydrogen) atoms. The van der Waals surface area contributed by atoms with Gasteiger partial charge in [-0.3, -0.25) is 14.4 Å². The number of hydrogen-bond acceptors (Lipinski definition) is 11. The van der Waals surface area contributed by atoms with E-state index in [1.54, 1.807) is 65.8 Å². The average molecular weight is 910 g/mol. The van der Waals surface area contributed by atoms with E-state index in [1.807, 2.05) is 35.1 Å². The van der Waals surface area contributed by atoms with E-state index in [9.17, 15) is 40.8 Å². The number of benzene rings is 3. The Labute approximate surface area is 368 Å². The molecule has 5 unspecified atom stereocenters. The van der Waals surface area contributed by atoms with Crippen LogP contribution in [0.5, 0.6) is 17.2 Å². The number of alkyl carbamates (subject to hydrolysis) is 1. The minimum atomic E-state index is -5.02. The first-order valence-electron chi connectivity index (χ1n) is 20.2. The second kappa shape index (κ2) is 17.7. The molecule has 342 valence electrons. The molecule has 1 aliphatic heterocycles. The third kappa shape index (κ3) is 10.9. The van der Waals surface area contributed by atoms with Crippen molar-refractivity contribution in [2.75, 3.05) is 13.7 Å². The molecule has 3 N–H and O–H groups in total. The van der Waals surface area contributed by atoms with Crippen LogP contribution in [-0.2, 0) is 29.1 Å². The summed E-state index contributed by atoms with van der Waals surface area (Å²) in [7, 11) is -3.16. The lowest BCUT2D eigenvalue weighted by Crippen LogP contribution is -2.60. The number of sulfonamides is 1. The van der Waals surface area contributed by atoms with E-state index < -0.39 is 91.5 Å². The van der Waals surface area contributed by atoms with Crippen LogP contribution in [0.2, 0.25) is 0 Å². The topological polar surface area (TPSA) is 192 Å². The van der Waals surface area contributed by atoms with Gasteiger partial charge in [0.2, 0.25) is 11.8 Å². The van der Waals surface area contributed by atoms with E-state index in [4.69, 9.17) is 19.2 Å². The zero-order chi connectivity index (χ0) is 47.0. The lowest BCUT2D eigenvalue weighted by atomic mass is 9.85. The van der Waals surface area contributed by atoms with Gasteiger partial charge in [-0.2, -0.15) is 0 Å². The Morgan fingerprint density at radius 1 is 0.938 bits per heavy atom. The first-order valence-corrected chi connectivity index (χ1v) is 21.7.